The summed E-state index contributed by atoms with van der Waals surface area (Å²) in [7, 11) is 0. The van der Waals surface area contributed by atoms with E-state index in [-0.39, 0.29) is 28.4 Å². The summed E-state index contributed by atoms with van der Waals surface area (Å²) in [4.78, 5) is 49.1. The second-order valence-electron chi connectivity index (χ2n) is 6.76. The highest BCUT2D eigenvalue weighted by atomic mass is 79.9. The summed E-state index contributed by atoms with van der Waals surface area (Å²) in [5.74, 6) is -2.34. The minimum absolute atomic E-state index is 0.00392. The van der Waals surface area contributed by atoms with E-state index < -0.39 is 25.2 Å². The van der Waals surface area contributed by atoms with Gasteiger partial charge >= 0.3 is 11.9 Å². The first-order chi connectivity index (χ1) is 15.8. The lowest BCUT2D eigenvalue weighted by molar-refractivity contribution is 0.0468. The van der Waals surface area contributed by atoms with Gasteiger partial charge in [-0.15, -0.1) is 0 Å². The fraction of sp³-hybridized carbons (Fsp3) is 0.0833. The van der Waals surface area contributed by atoms with Crippen LogP contribution in [0.15, 0.2) is 75.7 Å². The van der Waals surface area contributed by atoms with Gasteiger partial charge in [0.15, 0.2) is 13.2 Å². The van der Waals surface area contributed by atoms with Crippen LogP contribution in [0.2, 0.25) is 0 Å². The third-order valence-corrected chi connectivity index (χ3v) is 5.91. The number of rotatable bonds is 8. The molecule has 0 saturated heterocycles. The molecule has 168 valence electrons. The van der Waals surface area contributed by atoms with Crippen LogP contribution < -0.4 is 5.73 Å². The van der Waals surface area contributed by atoms with Gasteiger partial charge in [-0.05, 0) is 30.3 Å². The van der Waals surface area contributed by atoms with E-state index in [1.807, 2.05) is 0 Å². The van der Waals surface area contributed by atoms with Gasteiger partial charge in [-0.3, -0.25) is 9.59 Å². The van der Waals surface area contributed by atoms with E-state index in [4.69, 9.17) is 15.2 Å². The Kier molecular flexibility index (Phi) is 8.13. The number of anilines is 1. The highest BCUT2D eigenvalue weighted by molar-refractivity contribution is 9.10. The molecule has 3 aromatic rings. The van der Waals surface area contributed by atoms with Crippen molar-refractivity contribution < 1.29 is 28.7 Å². The summed E-state index contributed by atoms with van der Waals surface area (Å²) in [6, 6.07) is 17.4. The standard InChI is InChI=1S/C24H17Br2NO6/c25-18-7-3-1-5-15(18)21(28)12-32-23(30)14-9-10-17(20(27)11-14)24(31)33-13-22(29)16-6-2-4-8-19(16)26/h1-11H,12-13,27H2. The molecule has 33 heavy (non-hydrogen) atoms. The number of benzene rings is 3. The van der Waals surface area contributed by atoms with Gasteiger partial charge in [-0.25, -0.2) is 9.59 Å². The predicted molar refractivity (Wildman–Crippen MR) is 128 cm³/mol. The number of esters is 2. The number of carbonyl (C=O) groups is 4. The van der Waals surface area contributed by atoms with Crippen molar-refractivity contribution >= 4 is 61.1 Å². The molecule has 0 aromatic heterocycles. The minimum atomic E-state index is -0.808. The molecule has 2 N–H and O–H groups in total. The molecule has 3 aromatic carbocycles. The van der Waals surface area contributed by atoms with E-state index >= 15 is 0 Å². The van der Waals surface area contributed by atoms with Gasteiger partial charge in [0.2, 0.25) is 11.6 Å². The topological polar surface area (TPSA) is 113 Å². The van der Waals surface area contributed by atoms with E-state index in [1.165, 1.54) is 18.2 Å². The van der Waals surface area contributed by atoms with Crippen molar-refractivity contribution in [1.82, 2.24) is 0 Å². The molecular formula is C24H17Br2NO6. The SMILES string of the molecule is Nc1cc(C(=O)OCC(=O)c2ccccc2Br)ccc1C(=O)OCC(=O)c1ccccc1Br. The van der Waals surface area contributed by atoms with E-state index in [0.29, 0.717) is 20.1 Å². The number of Topliss-reactive ketones (excluding diaryl/α,β-unsaturated/α-hetero) is 2. The second kappa shape index (κ2) is 11.0. The van der Waals surface area contributed by atoms with Gasteiger partial charge in [-0.2, -0.15) is 0 Å². The smallest absolute Gasteiger partial charge is 0.340 e. The Morgan fingerprint density at radius 3 is 1.64 bits per heavy atom. The Bertz CT molecular complexity index is 1240. The van der Waals surface area contributed by atoms with Crippen molar-refractivity contribution in [1.29, 1.82) is 0 Å². The molecule has 0 aliphatic heterocycles. The molecule has 0 radical (unpaired) electrons. The first-order valence-electron chi connectivity index (χ1n) is 9.57. The van der Waals surface area contributed by atoms with Crippen LogP contribution in [0.4, 0.5) is 5.69 Å². The molecule has 0 heterocycles. The molecule has 0 fully saturated rings. The normalized spacial score (nSPS) is 10.4. The molecule has 0 atom stereocenters. The average Bonchev–Trinajstić information content (AvgIpc) is 2.81. The summed E-state index contributed by atoms with van der Waals surface area (Å²) in [5, 5.41) is 0. The maximum absolute atomic E-state index is 12.3. The van der Waals surface area contributed by atoms with E-state index in [1.54, 1.807) is 48.5 Å². The largest absolute Gasteiger partial charge is 0.454 e. The predicted octanol–water partition coefficient (Wildman–Crippen LogP) is 4.87. The lowest BCUT2D eigenvalue weighted by Crippen LogP contribution is -2.17. The Balaban J connectivity index is 1.59. The molecule has 3 rings (SSSR count). The zero-order valence-electron chi connectivity index (χ0n) is 17.0. The van der Waals surface area contributed by atoms with Crippen LogP contribution >= 0.6 is 31.9 Å². The molecular weight excluding hydrogens is 558 g/mol. The Morgan fingerprint density at radius 1 is 0.667 bits per heavy atom. The number of hydrogen-bond acceptors (Lipinski definition) is 7. The van der Waals surface area contributed by atoms with Crippen LogP contribution in [-0.2, 0) is 9.47 Å². The number of ether oxygens (including phenoxy) is 2. The molecule has 0 aliphatic carbocycles. The number of nitrogen functional groups attached to an aromatic ring is 1. The Hall–Kier alpha value is -3.30. The third-order valence-electron chi connectivity index (χ3n) is 4.52. The third kappa shape index (κ3) is 6.15. The maximum Gasteiger partial charge on any atom is 0.340 e. The van der Waals surface area contributed by atoms with Crippen LogP contribution in [0.3, 0.4) is 0 Å². The van der Waals surface area contributed by atoms with Crippen LogP contribution in [-0.4, -0.2) is 36.7 Å². The van der Waals surface area contributed by atoms with Crippen molar-refractivity contribution in [3.63, 3.8) is 0 Å². The van der Waals surface area contributed by atoms with Gasteiger partial charge < -0.3 is 15.2 Å². The summed E-state index contributed by atoms with van der Waals surface area (Å²) in [6.45, 7) is -0.926. The summed E-state index contributed by atoms with van der Waals surface area (Å²) in [5.41, 5.74) is 6.70. The Labute approximate surface area is 206 Å². The van der Waals surface area contributed by atoms with Crippen molar-refractivity contribution in [3.05, 3.63) is 97.9 Å². The van der Waals surface area contributed by atoms with Crippen molar-refractivity contribution in [2.45, 2.75) is 0 Å². The summed E-state index contributed by atoms with van der Waals surface area (Å²) >= 11 is 6.54. The molecule has 0 bridgehead atoms. The number of hydrogen-bond donors (Lipinski definition) is 1. The van der Waals surface area contributed by atoms with Gasteiger partial charge in [-0.1, -0.05) is 68.3 Å². The monoisotopic (exact) mass is 573 g/mol. The number of ketones is 2. The van der Waals surface area contributed by atoms with Gasteiger partial charge in [0.05, 0.1) is 11.1 Å². The average molecular weight is 575 g/mol. The zero-order chi connectivity index (χ0) is 24.0. The van der Waals surface area contributed by atoms with Crippen LogP contribution in [0.25, 0.3) is 0 Å². The van der Waals surface area contributed by atoms with Gasteiger partial charge in [0, 0.05) is 25.8 Å². The Morgan fingerprint density at radius 2 is 1.15 bits per heavy atom. The van der Waals surface area contributed by atoms with Gasteiger partial charge in [0.25, 0.3) is 0 Å². The number of carbonyl (C=O) groups excluding carboxylic acids is 4. The van der Waals surface area contributed by atoms with Crippen LogP contribution in [0.1, 0.15) is 41.4 Å². The first kappa shape index (κ1) is 24.3. The maximum atomic E-state index is 12.3. The number of halogens is 2. The fourth-order valence-electron chi connectivity index (χ4n) is 2.83. The van der Waals surface area contributed by atoms with Crippen molar-refractivity contribution in [2.24, 2.45) is 0 Å². The highest BCUT2D eigenvalue weighted by Gasteiger charge is 2.19. The van der Waals surface area contributed by atoms with Crippen molar-refractivity contribution in [3.8, 4) is 0 Å². The molecule has 9 heteroatoms. The quantitative estimate of drug-likeness (QED) is 0.232. The molecule has 0 amide bonds. The van der Waals surface area contributed by atoms with Gasteiger partial charge in [0.1, 0.15) is 0 Å². The lowest BCUT2D eigenvalue weighted by atomic mass is 10.1. The lowest BCUT2D eigenvalue weighted by Gasteiger charge is -2.09. The molecule has 7 nitrogen and oxygen atoms in total. The second-order valence-corrected chi connectivity index (χ2v) is 8.47. The molecule has 0 spiro atoms. The fourth-order valence-corrected chi connectivity index (χ4v) is 3.84. The minimum Gasteiger partial charge on any atom is -0.454 e. The summed E-state index contributed by atoms with van der Waals surface area (Å²) in [6.07, 6.45) is 0. The van der Waals surface area contributed by atoms with E-state index in [9.17, 15) is 19.2 Å². The highest BCUT2D eigenvalue weighted by Crippen LogP contribution is 2.20. The molecule has 0 unspecified atom stereocenters. The van der Waals surface area contributed by atoms with Crippen LogP contribution in [0.5, 0.6) is 0 Å². The molecule has 0 aliphatic rings. The van der Waals surface area contributed by atoms with E-state index in [0.717, 1.165) is 0 Å². The summed E-state index contributed by atoms with van der Waals surface area (Å²) < 4.78 is 11.3. The van der Waals surface area contributed by atoms with E-state index in [2.05, 4.69) is 31.9 Å². The number of nitrogens with two attached hydrogens (primary N) is 1. The molecule has 0 saturated carbocycles. The zero-order valence-corrected chi connectivity index (χ0v) is 20.2. The first-order valence-corrected chi connectivity index (χ1v) is 11.2. The van der Waals surface area contributed by atoms with Crippen molar-refractivity contribution in [2.75, 3.05) is 18.9 Å². The van der Waals surface area contributed by atoms with Crippen LogP contribution in [0, 0.1) is 0 Å².